The van der Waals surface area contributed by atoms with Gasteiger partial charge in [-0.05, 0) is 68.1 Å². The van der Waals surface area contributed by atoms with Gasteiger partial charge in [0.25, 0.3) is 11.5 Å². The Morgan fingerprint density at radius 1 is 0.949 bits per heavy atom. The highest BCUT2D eigenvalue weighted by atomic mass is 16.2. The number of Topliss-reactive ketones (excluding diaryl/α,β-unsaturated/α-hetero) is 1. The fraction of sp³-hybridized carbons (Fsp3) is 0.300. The molecule has 1 aliphatic heterocycles. The third-order valence-corrected chi connectivity index (χ3v) is 7.42. The molecule has 1 saturated carbocycles. The molecule has 0 bridgehead atoms. The Morgan fingerprint density at radius 3 is 2.23 bits per heavy atom. The molecular weight excluding hydrogens is 492 g/mol. The number of nitrogens with zero attached hydrogens (tertiary/aromatic N) is 4. The van der Waals surface area contributed by atoms with E-state index in [2.05, 4.69) is 39.9 Å². The lowest BCUT2D eigenvalue weighted by molar-refractivity contribution is -0.118. The van der Waals surface area contributed by atoms with Crippen molar-refractivity contribution in [3.8, 4) is 16.8 Å². The van der Waals surface area contributed by atoms with Crippen molar-refractivity contribution in [1.29, 1.82) is 0 Å². The fourth-order valence-corrected chi connectivity index (χ4v) is 4.86. The Balaban J connectivity index is 0.000000401. The van der Waals surface area contributed by atoms with E-state index in [1.807, 2.05) is 11.8 Å². The first-order valence-electron chi connectivity index (χ1n) is 13.3. The highest BCUT2D eigenvalue weighted by Gasteiger charge is 2.29. The first-order chi connectivity index (χ1) is 18.9. The van der Waals surface area contributed by atoms with Crippen LogP contribution in [0, 0.1) is 6.92 Å². The zero-order valence-electron chi connectivity index (χ0n) is 22.0. The van der Waals surface area contributed by atoms with Crippen LogP contribution in [0.15, 0.2) is 65.5 Å². The zero-order valence-corrected chi connectivity index (χ0v) is 22.0. The number of anilines is 1. The van der Waals surface area contributed by atoms with E-state index in [9.17, 15) is 14.4 Å². The fourth-order valence-electron chi connectivity index (χ4n) is 4.86. The summed E-state index contributed by atoms with van der Waals surface area (Å²) in [5.74, 6) is 0.360. The quantitative estimate of drug-likeness (QED) is 0.365. The molecule has 198 valence electrons. The van der Waals surface area contributed by atoms with E-state index in [4.69, 9.17) is 4.98 Å². The number of carbonyl (C=O) groups is 2. The standard InChI is InChI=1S/C24H26N6O3.C6H4/c1-14-19-9-10-21(32)30(18-7-3-16(4-8-18)23(33)27-17-5-6-17)22(19)28-24(26-14)29-12-11-25-13-20(29)15(2)31;1-2-6-4-3-5(1)6/h3-4,7-10,17,20,25H,5-6,11-13H2,1-2H3,(H,27,33);1-4H. The molecule has 39 heavy (non-hydrogen) atoms. The number of hydrogen-bond donors (Lipinski definition) is 2. The summed E-state index contributed by atoms with van der Waals surface area (Å²) in [5.41, 5.74) is 4.98. The second-order valence-electron chi connectivity index (χ2n) is 10.2. The van der Waals surface area contributed by atoms with Gasteiger partial charge in [0, 0.05) is 42.7 Å². The van der Waals surface area contributed by atoms with Gasteiger partial charge in [0.2, 0.25) is 5.95 Å². The molecule has 9 nitrogen and oxygen atoms in total. The van der Waals surface area contributed by atoms with E-state index in [1.165, 1.54) is 21.8 Å². The van der Waals surface area contributed by atoms with Crippen LogP contribution in [0.5, 0.6) is 0 Å². The lowest BCUT2D eigenvalue weighted by atomic mass is 9.95. The second-order valence-corrected chi connectivity index (χ2v) is 10.2. The zero-order chi connectivity index (χ0) is 27.1. The highest BCUT2D eigenvalue weighted by Crippen LogP contribution is 2.29. The van der Waals surface area contributed by atoms with Gasteiger partial charge in [-0.25, -0.2) is 4.98 Å². The first-order valence-corrected chi connectivity index (χ1v) is 13.3. The Labute approximate surface area is 225 Å². The Bertz CT molecular complexity index is 1600. The third kappa shape index (κ3) is 4.93. The Kier molecular flexibility index (Phi) is 6.44. The number of benzene rings is 2. The number of aryl methyl sites for hydroxylation is 1. The molecule has 0 spiro atoms. The SMILES string of the molecule is CC(=O)C1CNCCN1c1nc(C)c2ccc(=O)n(-c3ccc(C(=O)NC4CC4)cc3)c2n1.c1cc2ccc1-2. The van der Waals surface area contributed by atoms with Crippen LogP contribution in [0.25, 0.3) is 27.8 Å². The summed E-state index contributed by atoms with van der Waals surface area (Å²) in [6, 6.07) is 18.6. The van der Waals surface area contributed by atoms with Crippen LogP contribution in [0.2, 0.25) is 0 Å². The predicted molar refractivity (Wildman–Crippen MR) is 150 cm³/mol. The van der Waals surface area contributed by atoms with Gasteiger partial charge in [0.05, 0.1) is 11.4 Å². The molecule has 2 aromatic heterocycles. The van der Waals surface area contributed by atoms with Crippen molar-refractivity contribution in [3.05, 3.63) is 82.3 Å². The molecule has 9 heteroatoms. The number of fused-ring (bicyclic) bond motifs is 2. The molecule has 4 aliphatic rings. The minimum Gasteiger partial charge on any atom is -0.349 e. The molecule has 3 aromatic rings. The molecule has 7 rings (SSSR count). The van der Waals surface area contributed by atoms with E-state index in [-0.39, 0.29) is 29.3 Å². The number of piperazine rings is 1. The minimum absolute atomic E-state index is 0.0362. The van der Waals surface area contributed by atoms with E-state index in [1.54, 1.807) is 37.3 Å². The number of aromatic nitrogens is 3. The molecule has 1 atom stereocenters. The Morgan fingerprint density at radius 2 is 1.64 bits per heavy atom. The van der Waals surface area contributed by atoms with Gasteiger partial charge in [0.15, 0.2) is 11.4 Å². The Hall–Kier alpha value is -4.37. The van der Waals surface area contributed by atoms with Gasteiger partial charge in [-0.1, -0.05) is 24.3 Å². The van der Waals surface area contributed by atoms with Crippen molar-refractivity contribution < 1.29 is 9.59 Å². The maximum atomic E-state index is 12.9. The van der Waals surface area contributed by atoms with Crippen molar-refractivity contribution >= 4 is 28.7 Å². The monoisotopic (exact) mass is 522 g/mol. The highest BCUT2D eigenvalue weighted by molar-refractivity contribution is 5.94. The van der Waals surface area contributed by atoms with Crippen molar-refractivity contribution in [2.24, 2.45) is 0 Å². The van der Waals surface area contributed by atoms with Crippen LogP contribution >= 0.6 is 0 Å². The van der Waals surface area contributed by atoms with Crippen LogP contribution in [-0.2, 0) is 4.79 Å². The van der Waals surface area contributed by atoms with Gasteiger partial charge in [-0.3, -0.25) is 19.0 Å². The summed E-state index contributed by atoms with van der Waals surface area (Å²) in [4.78, 5) is 48.8. The lowest BCUT2D eigenvalue weighted by Gasteiger charge is -2.34. The van der Waals surface area contributed by atoms with Crippen molar-refractivity contribution in [2.45, 2.75) is 38.8 Å². The summed E-state index contributed by atoms with van der Waals surface area (Å²) in [7, 11) is 0. The van der Waals surface area contributed by atoms with Crippen LogP contribution in [0.3, 0.4) is 0 Å². The molecule has 1 unspecified atom stereocenters. The van der Waals surface area contributed by atoms with E-state index < -0.39 is 0 Å². The van der Waals surface area contributed by atoms with E-state index in [0.29, 0.717) is 35.9 Å². The normalized spacial score (nSPS) is 17.3. The summed E-state index contributed by atoms with van der Waals surface area (Å²) in [6.07, 6.45) is 2.04. The van der Waals surface area contributed by atoms with Gasteiger partial charge in [-0.15, -0.1) is 0 Å². The van der Waals surface area contributed by atoms with E-state index >= 15 is 0 Å². The minimum atomic E-state index is -0.358. The van der Waals surface area contributed by atoms with Gasteiger partial charge < -0.3 is 15.5 Å². The molecule has 2 N–H and O–H groups in total. The largest absolute Gasteiger partial charge is 0.349 e. The van der Waals surface area contributed by atoms with Crippen LogP contribution in [0.1, 0.15) is 35.8 Å². The van der Waals surface area contributed by atoms with Gasteiger partial charge in [0.1, 0.15) is 6.04 Å². The number of amides is 1. The molecule has 1 amide bonds. The van der Waals surface area contributed by atoms with Crippen molar-refractivity contribution in [2.75, 3.05) is 24.5 Å². The molecule has 2 fully saturated rings. The van der Waals surface area contributed by atoms with Crippen LogP contribution in [-0.4, -0.2) is 57.9 Å². The molecule has 0 radical (unpaired) electrons. The maximum Gasteiger partial charge on any atom is 0.256 e. The van der Waals surface area contributed by atoms with Gasteiger partial charge in [-0.2, -0.15) is 4.98 Å². The van der Waals surface area contributed by atoms with Crippen LogP contribution in [0.4, 0.5) is 5.95 Å². The molecule has 3 heterocycles. The topological polar surface area (TPSA) is 109 Å². The number of hydrogen-bond acceptors (Lipinski definition) is 7. The predicted octanol–water partition coefficient (Wildman–Crippen LogP) is 3.02. The number of nitrogens with one attached hydrogen (secondary N) is 2. The maximum absolute atomic E-state index is 12.9. The second kappa shape index (κ2) is 10.1. The molecule has 1 saturated heterocycles. The summed E-state index contributed by atoms with van der Waals surface area (Å²) >= 11 is 0. The average Bonchev–Trinajstić information content (AvgIpc) is 3.75. The number of rotatable bonds is 5. The van der Waals surface area contributed by atoms with Crippen molar-refractivity contribution in [1.82, 2.24) is 25.2 Å². The summed E-state index contributed by atoms with van der Waals surface area (Å²) < 4.78 is 1.53. The third-order valence-electron chi connectivity index (χ3n) is 7.42. The summed E-state index contributed by atoms with van der Waals surface area (Å²) in [5, 5.41) is 6.96. The average molecular weight is 523 g/mol. The van der Waals surface area contributed by atoms with E-state index in [0.717, 1.165) is 30.5 Å². The number of ketones is 1. The summed E-state index contributed by atoms with van der Waals surface area (Å²) in [6.45, 7) is 5.28. The molecule has 1 aromatic carbocycles. The number of pyridine rings is 1. The molecule has 3 aliphatic carbocycles. The first kappa shape index (κ1) is 24.9. The van der Waals surface area contributed by atoms with Gasteiger partial charge >= 0.3 is 0 Å². The smallest absolute Gasteiger partial charge is 0.256 e. The molecular formula is C30H30N6O3. The van der Waals surface area contributed by atoms with Crippen LogP contribution < -0.4 is 21.1 Å². The lowest BCUT2D eigenvalue weighted by Crippen LogP contribution is -2.55. The van der Waals surface area contributed by atoms with Crippen molar-refractivity contribution in [3.63, 3.8) is 0 Å². The number of carbonyl (C=O) groups excluding carboxylic acids is 2.